The molecule has 1 fully saturated rings. The van der Waals surface area contributed by atoms with Gasteiger partial charge in [0, 0.05) is 6.42 Å². The molecule has 1 saturated carbocycles. The Hall–Kier alpha value is -0.590. The van der Waals surface area contributed by atoms with Gasteiger partial charge in [0.15, 0.2) is 5.78 Å². The van der Waals surface area contributed by atoms with Crippen LogP contribution < -0.4 is 0 Å². The van der Waals surface area contributed by atoms with Crippen LogP contribution in [0.2, 0.25) is 0 Å². The number of hydrogen-bond donors (Lipinski definition) is 0. The predicted octanol–water partition coefficient (Wildman–Crippen LogP) is 4.13. The molecular weight excluding hydrogens is 196 g/mol. The van der Waals surface area contributed by atoms with Crippen LogP contribution in [0.15, 0.2) is 11.1 Å². The molecule has 0 radical (unpaired) electrons. The summed E-state index contributed by atoms with van der Waals surface area (Å²) in [4.78, 5) is 11.9. The van der Waals surface area contributed by atoms with Gasteiger partial charge in [-0.15, -0.1) is 0 Å². The van der Waals surface area contributed by atoms with Crippen molar-refractivity contribution in [1.82, 2.24) is 0 Å². The highest BCUT2D eigenvalue weighted by molar-refractivity contribution is 5.99. The van der Waals surface area contributed by atoms with Gasteiger partial charge in [-0.1, -0.05) is 39.2 Å². The molecule has 0 N–H and O–H groups in total. The minimum Gasteiger partial charge on any atom is -0.295 e. The second-order valence-electron chi connectivity index (χ2n) is 6.16. The van der Waals surface area contributed by atoms with Crippen LogP contribution >= 0.6 is 0 Å². The summed E-state index contributed by atoms with van der Waals surface area (Å²) < 4.78 is 0. The van der Waals surface area contributed by atoms with E-state index >= 15 is 0 Å². The maximum absolute atomic E-state index is 11.9. The van der Waals surface area contributed by atoms with Crippen molar-refractivity contribution in [2.75, 3.05) is 0 Å². The molecule has 0 saturated heterocycles. The first kappa shape index (κ1) is 11.9. The maximum atomic E-state index is 11.9. The number of carbonyl (C=O) groups excluding carboxylic acids is 1. The van der Waals surface area contributed by atoms with E-state index in [-0.39, 0.29) is 0 Å². The molecule has 2 rings (SSSR count). The lowest BCUT2D eigenvalue weighted by molar-refractivity contribution is -0.115. The normalized spacial score (nSPS) is 32.4. The molecule has 0 amide bonds. The number of hydrogen-bond acceptors (Lipinski definition) is 1. The smallest absolute Gasteiger partial charge is 0.159 e. The molecule has 2 atom stereocenters. The van der Waals surface area contributed by atoms with E-state index in [0.717, 1.165) is 18.8 Å². The van der Waals surface area contributed by atoms with Crippen LogP contribution in [0.25, 0.3) is 0 Å². The Balaban J connectivity index is 2.12. The van der Waals surface area contributed by atoms with Gasteiger partial charge in [-0.05, 0) is 42.6 Å². The first-order chi connectivity index (χ1) is 7.50. The molecule has 0 heterocycles. The van der Waals surface area contributed by atoms with Gasteiger partial charge in [-0.25, -0.2) is 0 Å². The van der Waals surface area contributed by atoms with Gasteiger partial charge in [0.05, 0.1) is 0 Å². The molecular formula is C15H24O. The van der Waals surface area contributed by atoms with E-state index in [4.69, 9.17) is 0 Å². The summed E-state index contributed by atoms with van der Waals surface area (Å²) in [6, 6.07) is 0. The quantitative estimate of drug-likeness (QED) is 0.696. The Morgan fingerprint density at radius 3 is 2.50 bits per heavy atom. The lowest BCUT2D eigenvalue weighted by atomic mass is 10.00. The highest BCUT2D eigenvalue weighted by Gasteiger charge is 2.60. The van der Waals surface area contributed by atoms with E-state index in [1.807, 2.05) is 0 Å². The fourth-order valence-electron chi connectivity index (χ4n) is 3.53. The standard InChI is InChI=1S/C15H24O/c1-5-6-7-11-14(15(11,3)4)13-10(2)8-9-12(13)16/h11,14H,5-9H2,1-4H3. The molecule has 0 aliphatic heterocycles. The molecule has 0 spiro atoms. The van der Waals surface area contributed by atoms with Gasteiger partial charge in [0.25, 0.3) is 0 Å². The summed E-state index contributed by atoms with van der Waals surface area (Å²) in [5.41, 5.74) is 2.97. The summed E-state index contributed by atoms with van der Waals surface area (Å²) in [6.45, 7) is 9.08. The number of carbonyl (C=O) groups is 1. The van der Waals surface area contributed by atoms with Crippen molar-refractivity contribution in [2.45, 2.75) is 59.8 Å². The third-order valence-electron chi connectivity index (χ3n) is 4.72. The molecule has 0 aromatic carbocycles. The maximum Gasteiger partial charge on any atom is 0.159 e. The number of Topliss-reactive ketones (excluding diaryl/α,β-unsaturated/α-hetero) is 1. The topological polar surface area (TPSA) is 17.1 Å². The van der Waals surface area contributed by atoms with Crippen molar-refractivity contribution in [3.05, 3.63) is 11.1 Å². The number of rotatable bonds is 4. The average Bonchev–Trinajstić information content (AvgIpc) is 2.57. The van der Waals surface area contributed by atoms with E-state index in [0.29, 0.717) is 17.1 Å². The van der Waals surface area contributed by atoms with Gasteiger partial charge in [0.2, 0.25) is 0 Å². The Labute approximate surface area is 99.3 Å². The Kier molecular flexibility index (Phi) is 2.98. The van der Waals surface area contributed by atoms with E-state index in [9.17, 15) is 4.79 Å². The predicted molar refractivity (Wildman–Crippen MR) is 67.2 cm³/mol. The fraction of sp³-hybridized carbons (Fsp3) is 0.800. The average molecular weight is 220 g/mol. The zero-order valence-corrected chi connectivity index (χ0v) is 11.1. The van der Waals surface area contributed by atoms with Crippen molar-refractivity contribution in [3.63, 3.8) is 0 Å². The Morgan fingerprint density at radius 1 is 1.31 bits per heavy atom. The van der Waals surface area contributed by atoms with Crippen molar-refractivity contribution in [2.24, 2.45) is 17.3 Å². The van der Waals surface area contributed by atoms with Crippen molar-refractivity contribution in [3.8, 4) is 0 Å². The fourth-order valence-corrected chi connectivity index (χ4v) is 3.53. The van der Waals surface area contributed by atoms with Crippen LogP contribution in [-0.2, 0) is 4.79 Å². The van der Waals surface area contributed by atoms with E-state index in [1.54, 1.807) is 0 Å². The summed E-state index contributed by atoms with van der Waals surface area (Å²) in [5.74, 6) is 1.78. The van der Waals surface area contributed by atoms with Crippen molar-refractivity contribution < 1.29 is 4.79 Å². The summed E-state index contributed by atoms with van der Waals surface area (Å²) in [7, 11) is 0. The Morgan fingerprint density at radius 2 is 2.00 bits per heavy atom. The molecule has 90 valence electrons. The van der Waals surface area contributed by atoms with Crippen LogP contribution in [0.1, 0.15) is 59.8 Å². The van der Waals surface area contributed by atoms with Gasteiger partial charge in [-0.3, -0.25) is 4.79 Å². The number of allylic oxidation sites excluding steroid dienone is 2. The monoisotopic (exact) mass is 220 g/mol. The molecule has 1 heteroatoms. The Bertz CT molecular complexity index is 335. The molecule has 0 aromatic heterocycles. The number of ketones is 1. The lowest BCUT2D eigenvalue weighted by Crippen LogP contribution is -2.02. The van der Waals surface area contributed by atoms with Gasteiger partial charge in [0.1, 0.15) is 0 Å². The molecule has 1 nitrogen and oxygen atoms in total. The molecule has 0 aromatic rings. The lowest BCUT2D eigenvalue weighted by Gasteiger charge is -2.04. The molecule has 0 bridgehead atoms. The second-order valence-corrected chi connectivity index (χ2v) is 6.16. The van der Waals surface area contributed by atoms with Gasteiger partial charge >= 0.3 is 0 Å². The largest absolute Gasteiger partial charge is 0.295 e. The molecule has 2 unspecified atom stereocenters. The third-order valence-corrected chi connectivity index (χ3v) is 4.72. The molecule has 16 heavy (non-hydrogen) atoms. The van der Waals surface area contributed by atoms with Gasteiger partial charge in [-0.2, -0.15) is 0 Å². The highest BCUT2D eigenvalue weighted by Crippen LogP contribution is 2.65. The first-order valence-electron chi connectivity index (χ1n) is 6.73. The van der Waals surface area contributed by atoms with E-state index in [2.05, 4.69) is 27.7 Å². The third kappa shape index (κ3) is 1.74. The first-order valence-corrected chi connectivity index (χ1v) is 6.73. The van der Waals surface area contributed by atoms with Crippen molar-refractivity contribution >= 4 is 5.78 Å². The minimum absolute atomic E-state index is 0.381. The summed E-state index contributed by atoms with van der Waals surface area (Å²) >= 11 is 0. The molecule has 2 aliphatic rings. The van der Waals surface area contributed by atoms with E-state index in [1.165, 1.54) is 30.4 Å². The zero-order chi connectivity index (χ0) is 11.9. The minimum atomic E-state index is 0.381. The van der Waals surface area contributed by atoms with Crippen LogP contribution in [-0.4, -0.2) is 5.78 Å². The zero-order valence-electron chi connectivity index (χ0n) is 11.1. The van der Waals surface area contributed by atoms with Gasteiger partial charge < -0.3 is 0 Å². The number of unbranched alkanes of at least 4 members (excludes halogenated alkanes) is 1. The van der Waals surface area contributed by atoms with Crippen LogP contribution in [0.4, 0.5) is 0 Å². The van der Waals surface area contributed by atoms with E-state index < -0.39 is 0 Å². The summed E-state index contributed by atoms with van der Waals surface area (Å²) in [6.07, 6.45) is 5.67. The summed E-state index contributed by atoms with van der Waals surface area (Å²) in [5, 5.41) is 0. The molecule has 2 aliphatic carbocycles. The highest BCUT2D eigenvalue weighted by atomic mass is 16.1. The van der Waals surface area contributed by atoms with Crippen LogP contribution in [0.3, 0.4) is 0 Å². The second kappa shape index (κ2) is 4.01. The van der Waals surface area contributed by atoms with Crippen molar-refractivity contribution in [1.29, 1.82) is 0 Å². The van der Waals surface area contributed by atoms with Crippen LogP contribution in [0.5, 0.6) is 0 Å². The SMILES string of the molecule is CCCCC1C(C2=C(C)CCC2=O)C1(C)C. The van der Waals surface area contributed by atoms with Crippen LogP contribution in [0, 0.1) is 17.3 Å².